The monoisotopic (exact) mass is 396 g/mol. The number of carbonyl (C=O) groups excluding carboxylic acids is 1. The zero-order valence-electron chi connectivity index (χ0n) is 16.2. The van der Waals surface area contributed by atoms with E-state index in [0.717, 1.165) is 5.39 Å². The smallest absolute Gasteiger partial charge is 0.305 e. The van der Waals surface area contributed by atoms with Crippen LogP contribution in [-0.4, -0.2) is 18.0 Å². The van der Waals surface area contributed by atoms with Gasteiger partial charge in [0.25, 0.3) is 0 Å². The minimum atomic E-state index is -4.29. The van der Waals surface area contributed by atoms with Crippen LogP contribution >= 0.6 is 7.60 Å². The highest BCUT2D eigenvalue weighted by molar-refractivity contribution is 7.56. The van der Waals surface area contributed by atoms with Crippen molar-refractivity contribution in [1.82, 2.24) is 0 Å². The van der Waals surface area contributed by atoms with Crippen molar-refractivity contribution in [1.29, 1.82) is 10.5 Å². The first-order valence-electron chi connectivity index (χ1n) is 9.06. The normalized spacial score (nSPS) is 18.8. The summed E-state index contributed by atoms with van der Waals surface area (Å²) < 4.78 is 25.8. The number of hydrogen-bond acceptors (Lipinski definition) is 6. The maximum atomic E-state index is 14.3. The van der Waals surface area contributed by atoms with Gasteiger partial charge in [-0.25, -0.2) is 0 Å². The maximum Gasteiger partial charge on any atom is 0.351 e. The molecule has 144 valence electrons. The van der Waals surface area contributed by atoms with Gasteiger partial charge in [-0.05, 0) is 44.0 Å². The Bertz CT molecular complexity index is 1050. The molecule has 1 atom stereocenters. The second kappa shape index (κ2) is 7.15. The highest BCUT2D eigenvalue weighted by Crippen LogP contribution is 2.72. The molecule has 0 bridgehead atoms. The van der Waals surface area contributed by atoms with Crippen molar-refractivity contribution < 1.29 is 18.4 Å². The second-order valence-corrected chi connectivity index (χ2v) is 9.42. The van der Waals surface area contributed by atoms with Gasteiger partial charge in [0.2, 0.25) is 0 Å². The van der Waals surface area contributed by atoms with Crippen LogP contribution in [0.5, 0.6) is 0 Å². The summed E-state index contributed by atoms with van der Waals surface area (Å²) in [5, 5.41) is 18.9. The number of ketones is 1. The van der Waals surface area contributed by atoms with E-state index in [4.69, 9.17) is 9.05 Å². The fourth-order valence-electron chi connectivity index (χ4n) is 3.85. The first-order valence-corrected chi connectivity index (χ1v) is 10.6. The third-order valence-corrected chi connectivity index (χ3v) is 7.68. The molecule has 0 aromatic heterocycles. The Morgan fingerprint density at radius 3 is 2.00 bits per heavy atom. The standard InChI is InChI=1S/C21H21N2O4P/c1-13(2)26-28(25,27-14(3)4)21(16(11-22)12-23)18-10-6-8-15-7-5-9-17(19(15)18)20(21)24/h5-10,13-14,16H,1-4H3. The quantitative estimate of drug-likeness (QED) is 0.641. The molecule has 2 aromatic rings. The number of carbonyl (C=O) groups is 1. The topological polar surface area (TPSA) is 100 Å². The molecule has 1 aliphatic rings. The Morgan fingerprint density at radius 1 is 0.964 bits per heavy atom. The molecule has 3 rings (SSSR count). The van der Waals surface area contributed by atoms with Gasteiger partial charge < -0.3 is 9.05 Å². The number of rotatable bonds is 6. The molecule has 0 aliphatic heterocycles. The fraction of sp³-hybridized carbons (Fsp3) is 0.381. The Balaban J connectivity index is 2.47. The summed E-state index contributed by atoms with van der Waals surface area (Å²) in [6.07, 6.45) is -1.09. The summed E-state index contributed by atoms with van der Waals surface area (Å²) in [6.45, 7) is 6.69. The van der Waals surface area contributed by atoms with Crippen molar-refractivity contribution in [2.45, 2.75) is 45.1 Å². The molecule has 0 saturated carbocycles. The number of nitrogens with zero attached hydrogens (tertiary/aromatic N) is 2. The number of benzene rings is 2. The fourth-order valence-corrected chi connectivity index (χ4v) is 6.63. The van der Waals surface area contributed by atoms with Crippen LogP contribution in [-0.2, 0) is 18.8 Å². The molecular weight excluding hydrogens is 375 g/mol. The van der Waals surface area contributed by atoms with Crippen LogP contribution < -0.4 is 0 Å². The summed E-state index contributed by atoms with van der Waals surface area (Å²) in [5.41, 5.74) is 0.673. The zero-order chi connectivity index (χ0) is 20.7. The van der Waals surface area contributed by atoms with Crippen LogP contribution in [0.2, 0.25) is 0 Å². The number of hydrogen-bond donors (Lipinski definition) is 0. The molecule has 6 nitrogen and oxygen atoms in total. The van der Waals surface area contributed by atoms with Gasteiger partial charge in [-0.3, -0.25) is 9.36 Å². The van der Waals surface area contributed by atoms with Crippen LogP contribution in [0.3, 0.4) is 0 Å². The van der Waals surface area contributed by atoms with Crippen LogP contribution in [0, 0.1) is 28.6 Å². The van der Waals surface area contributed by atoms with E-state index in [1.165, 1.54) is 0 Å². The van der Waals surface area contributed by atoms with E-state index < -0.39 is 36.7 Å². The summed E-state index contributed by atoms with van der Waals surface area (Å²) in [7, 11) is -4.29. The highest BCUT2D eigenvalue weighted by atomic mass is 31.2. The lowest BCUT2D eigenvalue weighted by molar-refractivity contribution is 0.0842. The van der Waals surface area contributed by atoms with Crippen LogP contribution in [0.15, 0.2) is 36.4 Å². The van der Waals surface area contributed by atoms with Gasteiger partial charge in [-0.1, -0.05) is 36.4 Å². The van der Waals surface area contributed by atoms with Crippen molar-refractivity contribution >= 4 is 24.2 Å². The molecule has 2 aromatic carbocycles. The average Bonchev–Trinajstić information content (AvgIpc) is 2.88. The summed E-state index contributed by atoms with van der Waals surface area (Å²) in [6, 6.07) is 14.1. The van der Waals surface area contributed by atoms with Crippen molar-refractivity contribution in [3.63, 3.8) is 0 Å². The predicted molar refractivity (Wildman–Crippen MR) is 105 cm³/mol. The lowest BCUT2D eigenvalue weighted by Gasteiger charge is -2.38. The molecule has 28 heavy (non-hydrogen) atoms. The van der Waals surface area contributed by atoms with E-state index in [1.807, 2.05) is 24.3 Å². The Labute approximate surface area is 164 Å². The highest BCUT2D eigenvalue weighted by Gasteiger charge is 2.67. The molecule has 0 saturated heterocycles. The van der Waals surface area contributed by atoms with E-state index in [9.17, 15) is 19.9 Å². The minimum Gasteiger partial charge on any atom is -0.305 e. The summed E-state index contributed by atoms with van der Waals surface area (Å²) in [4.78, 5) is 13.7. The van der Waals surface area contributed by atoms with Gasteiger partial charge >= 0.3 is 7.60 Å². The number of Topliss-reactive ketones (excluding diaryl/α,β-unsaturated/α-hetero) is 1. The molecule has 0 spiro atoms. The van der Waals surface area contributed by atoms with Crippen LogP contribution in [0.25, 0.3) is 10.8 Å². The predicted octanol–water partition coefficient (Wildman–Crippen LogP) is 4.94. The van der Waals surface area contributed by atoms with Crippen LogP contribution in [0.1, 0.15) is 43.6 Å². The second-order valence-electron chi connectivity index (χ2n) is 7.30. The summed E-state index contributed by atoms with van der Waals surface area (Å²) in [5.74, 6) is -2.11. The maximum absolute atomic E-state index is 14.3. The molecule has 1 unspecified atom stereocenters. The largest absolute Gasteiger partial charge is 0.351 e. The third kappa shape index (κ3) is 2.69. The van der Waals surface area contributed by atoms with Gasteiger partial charge in [-0.15, -0.1) is 0 Å². The Kier molecular flexibility index (Phi) is 5.17. The van der Waals surface area contributed by atoms with Crippen molar-refractivity contribution in [2.75, 3.05) is 0 Å². The van der Waals surface area contributed by atoms with Gasteiger partial charge in [0.05, 0.1) is 24.3 Å². The van der Waals surface area contributed by atoms with Gasteiger partial charge in [-0.2, -0.15) is 10.5 Å². The van der Waals surface area contributed by atoms with Gasteiger partial charge in [0.1, 0.15) is 0 Å². The summed E-state index contributed by atoms with van der Waals surface area (Å²) >= 11 is 0. The molecular formula is C21H21N2O4P. The van der Waals surface area contributed by atoms with Gasteiger partial charge in [0, 0.05) is 5.56 Å². The molecule has 1 aliphatic carbocycles. The minimum absolute atomic E-state index is 0.323. The van der Waals surface area contributed by atoms with Gasteiger partial charge in [0.15, 0.2) is 16.9 Å². The van der Waals surface area contributed by atoms with E-state index in [0.29, 0.717) is 16.5 Å². The number of nitriles is 2. The molecule has 0 amide bonds. The molecule has 0 radical (unpaired) electrons. The lowest BCUT2D eigenvalue weighted by Crippen LogP contribution is -2.41. The van der Waals surface area contributed by atoms with Crippen molar-refractivity contribution in [3.8, 4) is 12.1 Å². The molecule has 0 heterocycles. The lowest BCUT2D eigenvalue weighted by atomic mass is 9.86. The van der Waals surface area contributed by atoms with Crippen LogP contribution in [0.4, 0.5) is 0 Å². The Morgan fingerprint density at radius 2 is 1.50 bits per heavy atom. The van der Waals surface area contributed by atoms with Crippen molar-refractivity contribution in [2.24, 2.45) is 5.92 Å². The molecule has 7 heteroatoms. The first-order chi connectivity index (χ1) is 13.2. The van der Waals surface area contributed by atoms with E-state index in [1.54, 1.807) is 52.0 Å². The van der Waals surface area contributed by atoms with E-state index in [2.05, 4.69) is 0 Å². The van der Waals surface area contributed by atoms with E-state index >= 15 is 0 Å². The van der Waals surface area contributed by atoms with E-state index in [-0.39, 0.29) is 0 Å². The SMILES string of the molecule is CC(C)OP(=O)(OC(C)C)C1(C(C#N)C#N)C(=O)c2cccc3cccc1c23. The third-order valence-electron chi connectivity index (χ3n) is 4.71. The first kappa shape index (κ1) is 20.2. The van der Waals surface area contributed by atoms with Crippen molar-refractivity contribution in [3.05, 3.63) is 47.5 Å². The zero-order valence-corrected chi connectivity index (χ0v) is 17.1. The molecule has 0 N–H and O–H groups in total. The average molecular weight is 396 g/mol. The molecule has 0 fully saturated rings. The Hall–Kier alpha value is -2.50.